The smallest absolute Gasteiger partial charge is 0.123 e. The molecule has 0 atom stereocenters. The Bertz CT molecular complexity index is 511. The summed E-state index contributed by atoms with van der Waals surface area (Å²) in [6.07, 6.45) is 2.39. The Labute approximate surface area is 126 Å². The van der Waals surface area contributed by atoms with E-state index in [9.17, 15) is 4.39 Å². The number of benzene rings is 1. The second kappa shape index (κ2) is 6.14. The summed E-state index contributed by atoms with van der Waals surface area (Å²) in [5, 5.41) is 7.60. The number of nitrogens with zero attached hydrogens (tertiary/aromatic N) is 1. The predicted octanol–water partition coefficient (Wildman–Crippen LogP) is 3.37. The maximum absolute atomic E-state index is 13.3. The topological polar surface area (TPSA) is 53.1 Å². The summed E-state index contributed by atoms with van der Waals surface area (Å²) in [6, 6.07) is 4.56. The first-order chi connectivity index (χ1) is 9.77. The van der Waals surface area contributed by atoms with E-state index in [4.69, 9.17) is 11.1 Å². The van der Waals surface area contributed by atoms with Crippen molar-refractivity contribution in [3.8, 4) is 0 Å². The quantitative estimate of drug-likeness (QED) is 0.662. The lowest BCUT2D eigenvalue weighted by Crippen LogP contribution is -2.37. The van der Waals surface area contributed by atoms with Crippen molar-refractivity contribution in [2.24, 2.45) is 17.1 Å². The Morgan fingerprint density at radius 3 is 2.48 bits per heavy atom. The minimum atomic E-state index is -0.338. The Balaban J connectivity index is 2.03. The molecule has 1 saturated heterocycles. The van der Waals surface area contributed by atoms with E-state index < -0.39 is 0 Å². The van der Waals surface area contributed by atoms with E-state index in [2.05, 4.69) is 25.7 Å². The van der Waals surface area contributed by atoms with Gasteiger partial charge in [0.1, 0.15) is 11.7 Å². The fourth-order valence-electron chi connectivity index (χ4n) is 3.14. The highest BCUT2D eigenvalue weighted by atomic mass is 19.1. The van der Waals surface area contributed by atoms with Gasteiger partial charge in [-0.25, -0.2) is 4.39 Å². The summed E-state index contributed by atoms with van der Waals surface area (Å²) >= 11 is 0. The van der Waals surface area contributed by atoms with E-state index in [1.54, 1.807) is 6.07 Å². The van der Waals surface area contributed by atoms with Crippen LogP contribution in [-0.2, 0) is 6.54 Å². The molecule has 1 aliphatic rings. The summed E-state index contributed by atoms with van der Waals surface area (Å²) in [5.41, 5.74) is 7.40. The van der Waals surface area contributed by atoms with Gasteiger partial charge in [-0.3, -0.25) is 10.3 Å². The van der Waals surface area contributed by atoms with E-state index >= 15 is 0 Å². The summed E-state index contributed by atoms with van der Waals surface area (Å²) in [7, 11) is 0. The van der Waals surface area contributed by atoms with Crippen LogP contribution in [0.25, 0.3) is 0 Å². The van der Waals surface area contributed by atoms with Crippen LogP contribution < -0.4 is 5.73 Å². The standard InChI is InChI=1S/C17H26FN3/c1-17(2,3)13-6-8-21(9-7-13)11-12-4-5-14(18)10-15(12)16(19)20/h4-5,10,13H,6-9,11H2,1-3H3,(H3,19,20). The third-order valence-electron chi connectivity index (χ3n) is 4.57. The zero-order valence-corrected chi connectivity index (χ0v) is 13.2. The molecule has 1 heterocycles. The van der Waals surface area contributed by atoms with Gasteiger partial charge in [0.05, 0.1) is 0 Å². The SMILES string of the molecule is CC(C)(C)C1CCN(Cc2ccc(F)cc2C(=N)N)CC1. The molecule has 0 aromatic heterocycles. The minimum Gasteiger partial charge on any atom is -0.384 e. The number of halogens is 1. The summed E-state index contributed by atoms with van der Waals surface area (Å²) < 4.78 is 13.3. The van der Waals surface area contributed by atoms with Crippen LogP contribution in [-0.4, -0.2) is 23.8 Å². The molecule has 0 amide bonds. The molecule has 0 aliphatic carbocycles. The van der Waals surface area contributed by atoms with Gasteiger partial charge in [0.2, 0.25) is 0 Å². The summed E-state index contributed by atoms with van der Waals surface area (Å²) in [5.74, 6) is 0.360. The zero-order valence-electron chi connectivity index (χ0n) is 13.2. The number of rotatable bonds is 3. The van der Waals surface area contributed by atoms with Crippen LogP contribution >= 0.6 is 0 Å². The summed E-state index contributed by atoms with van der Waals surface area (Å²) in [4.78, 5) is 2.38. The lowest BCUT2D eigenvalue weighted by atomic mass is 9.75. The van der Waals surface area contributed by atoms with Gasteiger partial charge in [-0.05, 0) is 55.0 Å². The first kappa shape index (κ1) is 16.0. The molecule has 21 heavy (non-hydrogen) atoms. The van der Waals surface area contributed by atoms with Crippen molar-refractivity contribution in [1.29, 1.82) is 5.41 Å². The lowest BCUT2D eigenvalue weighted by Gasteiger charge is -2.39. The van der Waals surface area contributed by atoms with Gasteiger partial charge >= 0.3 is 0 Å². The Kier molecular flexibility index (Phi) is 4.67. The van der Waals surface area contributed by atoms with Gasteiger partial charge < -0.3 is 5.73 Å². The molecule has 0 spiro atoms. The molecule has 2 rings (SSSR count). The van der Waals surface area contributed by atoms with Crippen LogP contribution in [0.1, 0.15) is 44.7 Å². The normalized spacial score (nSPS) is 17.9. The van der Waals surface area contributed by atoms with Crippen LogP contribution in [0.3, 0.4) is 0 Å². The van der Waals surface area contributed by atoms with Crippen LogP contribution in [0.15, 0.2) is 18.2 Å². The molecule has 1 fully saturated rings. The zero-order chi connectivity index (χ0) is 15.6. The van der Waals surface area contributed by atoms with Crippen molar-refractivity contribution in [2.45, 2.75) is 40.2 Å². The monoisotopic (exact) mass is 291 g/mol. The van der Waals surface area contributed by atoms with E-state index in [0.717, 1.165) is 31.1 Å². The molecular weight excluding hydrogens is 265 g/mol. The van der Waals surface area contributed by atoms with Crippen molar-refractivity contribution in [2.75, 3.05) is 13.1 Å². The number of hydrogen-bond acceptors (Lipinski definition) is 2. The van der Waals surface area contributed by atoms with E-state index in [1.165, 1.54) is 25.0 Å². The molecular formula is C17H26FN3. The van der Waals surface area contributed by atoms with E-state index in [-0.39, 0.29) is 11.7 Å². The molecule has 4 heteroatoms. The second-order valence-corrected chi connectivity index (χ2v) is 7.13. The van der Waals surface area contributed by atoms with Crippen LogP contribution in [0, 0.1) is 22.6 Å². The molecule has 0 saturated carbocycles. The Hall–Kier alpha value is -1.42. The van der Waals surface area contributed by atoms with Gasteiger partial charge in [0.15, 0.2) is 0 Å². The van der Waals surface area contributed by atoms with Crippen molar-refractivity contribution in [1.82, 2.24) is 4.90 Å². The van der Waals surface area contributed by atoms with Crippen LogP contribution in [0.4, 0.5) is 4.39 Å². The van der Waals surface area contributed by atoms with Crippen molar-refractivity contribution >= 4 is 5.84 Å². The fraction of sp³-hybridized carbons (Fsp3) is 0.588. The van der Waals surface area contributed by atoms with Gasteiger partial charge in [-0.15, -0.1) is 0 Å². The molecule has 3 nitrogen and oxygen atoms in total. The number of piperidine rings is 1. The summed E-state index contributed by atoms with van der Waals surface area (Å²) in [6.45, 7) is 9.77. The third kappa shape index (κ3) is 4.03. The number of nitrogens with one attached hydrogen (secondary N) is 1. The van der Waals surface area contributed by atoms with Gasteiger partial charge in [0.25, 0.3) is 0 Å². The lowest BCUT2D eigenvalue weighted by molar-refractivity contribution is 0.108. The first-order valence-corrected chi connectivity index (χ1v) is 7.62. The average molecular weight is 291 g/mol. The predicted molar refractivity (Wildman–Crippen MR) is 84.9 cm³/mol. The van der Waals surface area contributed by atoms with Crippen molar-refractivity contribution < 1.29 is 4.39 Å². The first-order valence-electron chi connectivity index (χ1n) is 7.62. The highest BCUT2D eigenvalue weighted by Crippen LogP contribution is 2.34. The molecule has 0 radical (unpaired) electrons. The highest BCUT2D eigenvalue weighted by Gasteiger charge is 2.28. The molecule has 1 aromatic rings. The van der Waals surface area contributed by atoms with Gasteiger partial charge in [-0.2, -0.15) is 0 Å². The minimum absolute atomic E-state index is 0.0610. The highest BCUT2D eigenvalue weighted by molar-refractivity contribution is 5.96. The maximum atomic E-state index is 13.3. The van der Waals surface area contributed by atoms with E-state index in [1.807, 2.05) is 0 Å². The Morgan fingerprint density at radius 1 is 1.33 bits per heavy atom. The molecule has 1 aliphatic heterocycles. The molecule has 1 aromatic carbocycles. The number of hydrogen-bond donors (Lipinski definition) is 2. The van der Waals surface area contributed by atoms with Crippen molar-refractivity contribution in [3.63, 3.8) is 0 Å². The largest absolute Gasteiger partial charge is 0.384 e. The van der Waals surface area contributed by atoms with E-state index in [0.29, 0.717) is 11.0 Å². The Morgan fingerprint density at radius 2 is 1.95 bits per heavy atom. The maximum Gasteiger partial charge on any atom is 0.123 e. The number of amidine groups is 1. The van der Waals surface area contributed by atoms with Gasteiger partial charge in [-0.1, -0.05) is 26.8 Å². The molecule has 0 bridgehead atoms. The molecule has 116 valence electrons. The number of nitrogens with two attached hydrogens (primary N) is 1. The molecule has 0 unspecified atom stereocenters. The molecule has 3 N–H and O–H groups in total. The number of likely N-dealkylation sites (tertiary alicyclic amines) is 1. The fourth-order valence-corrected chi connectivity index (χ4v) is 3.14. The van der Waals surface area contributed by atoms with Crippen LogP contribution in [0.2, 0.25) is 0 Å². The number of nitrogen functional groups attached to an aromatic ring is 1. The van der Waals surface area contributed by atoms with Crippen molar-refractivity contribution in [3.05, 3.63) is 35.1 Å². The average Bonchev–Trinajstić information content (AvgIpc) is 2.40. The van der Waals surface area contributed by atoms with Crippen LogP contribution in [0.5, 0.6) is 0 Å². The third-order valence-corrected chi connectivity index (χ3v) is 4.57. The van der Waals surface area contributed by atoms with Gasteiger partial charge in [0, 0.05) is 12.1 Å². The second-order valence-electron chi connectivity index (χ2n) is 7.13.